The number of amides is 2. The first-order valence-electron chi connectivity index (χ1n) is 6.49. The monoisotopic (exact) mass is 272 g/mol. The largest absolute Gasteiger partial charge is 0.480 e. The number of piperidine rings is 1. The highest BCUT2D eigenvalue weighted by molar-refractivity contribution is 5.83. The Balaban J connectivity index is 2.08. The smallest absolute Gasteiger partial charge is 0.326 e. The second-order valence-electron chi connectivity index (χ2n) is 5.70. The number of nitrogens with zero attached hydrogens (tertiary/aromatic N) is 2. The van der Waals surface area contributed by atoms with Gasteiger partial charge in [0.25, 0.3) is 0 Å². The number of urea groups is 1. The summed E-state index contributed by atoms with van der Waals surface area (Å²) in [5.41, 5.74) is -0.926. The highest BCUT2D eigenvalue weighted by Gasteiger charge is 2.42. The van der Waals surface area contributed by atoms with Crippen molar-refractivity contribution >= 4 is 12.0 Å². The topological polar surface area (TPSA) is 101 Å². The molecule has 0 bridgehead atoms. The van der Waals surface area contributed by atoms with Gasteiger partial charge >= 0.3 is 12.0 Å². The van der Waals surface area contributed by atoms with Gasteiger partial charge in [0.05, 0.1) is 18.2 Å². The van der Waals surface area contributed by atoms with E-state index >= 15 is 0 Å². The van der Waals surface area contributed by atoms with Crippen molar-refractivity contribution in [2.75, 3.05) is 19.6 Å². The predicted molar refractivity (Wildman–Crippen MR) is 65.6 cm³/mol. The number of carboxylic acid groups (broad SMARTS) is 1. The number of carbonyl (C=O) groups excluding carboxylic acids is 1. The maximum Gasteiger partial charge on any atom is 0.326 e. The molecule has 2 rings (SSSR count). The molecule has 7 heteroatoms. The lowest BCUT2D eigenvalue weighted by Gasteiger charge is -2.39. The van der Waals surface area contributed by atoms with E-state index in [1.165, 1.54) is 9.80 Å². The van der Waals surface area contributed by atoms with Gasteiger partial charge in [0.15, 0.2) is 0 Å². The Bertz CT molecular complexity index is 384. The maximum absolute atomic E-state index is 12.3. The van der Waals surface area contributed by atoms with Crippen molar-refractivity contribution in [2.24, 2.45) is 0 Å². The Labute approximate surface area is 111 Å². The van der Waals surface area contributed by atoms with Crippen LogP contribution in [-0.2, 0) is 4.79 Å². The van der Waals surface area contributed by atoms with E-state index < -0.39 is 29.7 Å². The number of β-amino-alcohol motifs (C(OH)–C–C–N with tert-alkyl or cyclic N) is 2. The van der Waals surface area contributed by atoms with E-state index in [2.05, 4.69) is 0 Å². The molecule has 0 radical (unpaired) electrons. The summed E-state index contributed by atoms with van der Waals surface area (Å²) in [6, 6.07) is -1.39. The van der Waals surface area contributed by atoms with Crippen LogP contribution in [0.5, 0.6) is 0 Å². The van der Waals surface area contributed by atoms with Crippen LogP contribution in [0, 0.1) is 0 Å². The van der Waals surface area contributed by atoms with Crippen molar-refractivity contribution < 1.29 is 24.9 Å². The normalized spacial score (nSPS) is 35.5. The molecule has 3 N–H and O–H groups in total. The molecule has 19 heavy (non-hydrogen) atoms. The molecule has 2 aliphatic heterocycles. The summed E-state index contributed by atoms with van der Waals surface area (Å²) in [5, 5.41) is 28.6. The van der Waals surface area contributed by atoms with Gasteiger partial charge in [0.1, 0.15) is 6.04 Å². The number of aliphatic carboxylic acids is 1. The quantitative estimate of drug-likeness (QED) is 0.596. The van der Waals surface area contributed by atoms with Crippen molar-refractivity contribution in [3.05, 3.63) is 0 Å². The first kappa shape index (κ1) is 14.1. The van der Waals surface area contributed by atoms with Crippen molar-refractivity contribution in [3.63, 3.8) is 0 Å². The van der Waals surface area contributed by atoms with Crippen LogP contribution in [-0.4, -0.2) is 74.5 Å². The number of hydrogen-bond donors (Lipinski definition) is 3. The van der Waals surface area contributed by atoms with Crippen LogP contribution < -0.4 is 0 Å². The number of carbonyl (C=O) groups is 2. The van der Waals surface area contributed by atoms with Crippen molar-refractivity contribution in [2.45, 2.75) is 43.9 Å². The minimum atomic E-state index is -1.10. The lowest BCUT2D eigenvalue weighted by Crippen LogP contribution is -2.54. The summed E-state index contributed by atoms with van der Waals surface area (Å²) < 4.78 is 0. The third kappa shape index (κ3) is 2.98. The average Bonchev–Trinajstić information content (AvgIpc) is 2.69. The minimum Gasteiger partial charge on any atom is -0.480 e. The van der Waals surface area contributed by atoms with Gasteiger partial charge in [-0.05, 0) is 19.8 Å². The second kappa shape index (κ2) is 4.97. The fourth-order valence-electron chi connectivity index (χ4n) is 2.82. The average molecular weight is 272 g/mol. The molecule has 7 nitrogen and oxygen atoms in total. The van der Waals surface area contributed by atoms with Gasteiger partial charge in [0, 0.05) is 19.5 Å². The lowest BCUT2D eigenvalue weighted by atomic mass is 9.95. The minimum absolute atomic E-state index is 0.0362. The summed E-state index contributed by atoms with van der Waals surface area (Å²) >= 11 is 0. The summed E-state index contributed by atoms with van der Waals surface area (Å²) in [5.74, 6) is -1.10. The van der Waals surface area contributed by atoms with E-state index in [0.717, 1.165) is 0 Å². The van der Waals surface area contributed by atoms with E-state index in [1.54, 1.807) is 6.92 Å². The first-order chi connectivity index (χ1) is 8.80. The molecule has 2 unspecified atom stereocenters. The molecule has 0 aromatic rings. The number of likely N-dealkylation sites (tertiary alicyclic amines) is 2. The number of aliphatic hydroxyl groups is 2. The first-order valence-corrected chi connectivity index (χ1v) is 6.49. The highest BCUT2D eigenvalue weighted by atomic mass is 16.4. The van der Waals surface area contributed by atoms with E-state index in [9.17, 15) is 19.8 Å². The Morgan fingerprint density at radius 1 is 1.37 bits per heavy atom. The molecule has 2 saturated heterocycles. The van der Waals surface area contributed by atoms with Crippen LogP contribution in [0.25, 0.3) is 0 Å². The number of hydrogen-bond acceptors (Lipinski definition) is 4. The van der Waals surface area contributed by atoms with E-state index in [1.807, 2.05) is 0 Å². The Morgan fingerprint density at radius 3 is 2.63 bits per heavy atom. The molecule has 0 saturated carbocycles. The van der Waals surface area contributed by atoms with Gasteiger partial charge in [-0.15, -0.1) is 0 Å². The predicted octanol–water partition coefficient (Wildman–Crippen LogP) is -0.527. The lowest BCUT2D eigenvalue weighted by molar-refractivity contribution is -0.141. The van der Waals surface area contributed by atoms with Gasteiger partial charge in [-0.1, -0.05) is 0 Å². The maximum atomic E-state index is 12.3. The Morgan fingerprint density at radius 2 is 2.05 bits per heavy atom. The molecule has 0 aliphatic carbocycles. The standard InChI is InChI=1S/C12H20N2O5/c1-12(19)3-2-4-13(7-12)11(18)14-6-8(15)5-9(14)10(16)17/h8-9,15,19H,2-7H2,1H3,(H,16,17)/t8?,9-,12?/m0/s1. The van der Waals surface area contributed by atoms with Crippen molar-refractivity contribution in [1.82, 2.24) is 9.80 Å². The van der Waals surface area contributed by atoms with E-state index in [-0.39, 0.29) is 19.5 Å². The van der Waals surface area contributed by atoms with Crippen molar-refractivity contribution in [3.8, 4) is 0 Å². The number of rotatable bonds is 1. The van der Waals surface area contributed by atoms with Gasteiger partial charge in [-0.25, -0.2) is 9.59 Å². The molecule has 2 amide bonds. The van der Waals surface area contributed by atoms with Crippen molar-refractivity contribution in [1.29, 1.82) is 0 Å². The van der Waals surface area contributed by atoms with E-state index in [4.69, 9.17) is 5.11 Å². The fourth-order valence-corrected chi connectivity index (χ4v) is 2.82. The number of carboxylic acids is 1. The SMILES string of the molecule is CC1(O)CCCN(C(=O)N2CC(O)C[C@H]2C(=O)O)C1. The number of aliphatic hydroxyl groups excluding tert-OH is 1. The Kier molecular flexibility index (Phi) is 3.69. The molecule has 0 aromatic heterocycles. The van der Waals surface area contributed by atoms with Gasteiger partial charge < -0.3 is 25.1 Å². The molecule has 2 heterocycles. The molecule has 108 valence electrons. The Hall–Kier alpha value is -1.34. The summed E-state index contributed by atoms with van der Waals surface area (Å²) in [6.07, 6.45) is 0.579. The third-order valence-corrected chi connectivity index (χ3v) is 3.76. The fraction of sp³-hybridized carbons (Fsp3) is 0.833. The molecular weight excluding hydrogens is 252 g/mol. The molecule has 2 aliphatic rings. The van der Waals surface area contributed by atoms with Crippen LogP contribution in [0.15, 0.2) is 0 Å². The second-order valence-corrected chi connectivity index (χ2v) is 5.70. The summed E-state index contributed by atoms with van der Waals surface area (Å²) in [6.45, 7) is 2.41. The molecule has 0 aromatic carbocycles. The third-order valence-electron chi connectivity index (χ3n) is 3.76. The highest BCUT2D eigenvalue weighted by Crippen LogP contribution is 2.25. The van der Waals surface area contributed by atoms with Crippen LogP contribution >= 0.6 is 0 Å². The summed E-state index contributed by atoms with van der Waals surface area (Å²) in [7, 11) is 0. The summed E-state index contributed by atoms with van der Waals surface area (Å²) in [4.78, 5) is 26.1. The van der Waals surface area contributed by atoms with Gasteiger partial charge in [-0.2, -0.15) is 0 Å². The van der Waals surface area contributed by atoms with Crippen LogP contribution in [0.2, 0.25) is 0 Å². The molecule has 0 spiro atoms. The zero-order valence-electron chi connectivity index (χ0n) is 10.9. The van der Waals surface area contributed by atoms with Gasteiger partial charge in [0.2, 0.25) is 0 Å². The van der Waals surface area contributed by atoms with Gasteiger partial charge in [-0.3, -0.25) is 0 Å². The molecular formula is C12H20N2O5. The zero-order chi connectivity index (χ0) is 14.2. The van der Waals surface area contributed by atoms with Crippen LogP contribution in [0.1, 0.15) is 26.2 Å². The van der Waals surface area contributed by atoms with Crippen LogP contribution in [0.4, 0.5) is 4.79 Å². The molecule has 2 fully saturated rings. The van der Waals surface area contributed by atoms with Crippen LogP contribution in [0.3, 0.4) is 0 Å². The molecule has 3 atom stereocenters. The van der Waals surface area contributed by atoms with E-state index in [0.29, 0.717) is 19.4 Å². The zero-order valence-corrected chi connectivity index (χ0v) is 10.9.